The Labute approximate surface area is 108 Å². The molecule has 2 atom stereocenters. The molecular weight excluding hydrogens is 222 g/mol. The highest BCUT2D eigenvalue weighted by atomic mass is 15.1. The maximum atomic E-state index is 4.45. The van der Waals surface area contributed by atoms with E-state index >= 15 is 0 Å². The van der Waals surface area contributed by atoms with Crippen LogP contribution in [-0.2, 0) is 0 Å². The third-order valence-corrected chi connectivity index (χ3v) is 4.12. The van der Waals surface area contributed by atoms with E-state index in [1.54, 1.807) is 6.33 Å². The van der Waals surface area contributed by atoms with Gasteiger partial charge in [0.05, 0.1) is 5.69 Å². The van der Waals surface area contributed by atoms with E-state index in [0.717, 1.165) is 23.7 Å². The minimum absolute atomic E-state index is 0.599. The van der Waals surface area contributed by atoms with Crippen LogP contribution >= 0.6 is 0 Å². The number of aryl methyl sites for hydroxylation is 1. The van der Waals surface area contributed by atoms with Gasteiger partial charge in [0, 0.05) is 17.6 Å². The van der Waals surface area contributed by atoms with Gasteiger partial charge in [-0.3, -0.25) is 0 Å². The van der Waals surface area contributed by atoms with Crippen LogP contribution in [-0.4, -0.2) is 14.5 Å². The van der Waals surface area contributed by atoms with Crippen molar-refractivity contribution in [3.05, 3.63) is 36.9 Å². The Hall–Kier alpha value is -1.64. The second-order valence-corrected chi connectivity index (χ2v) is 5.28. The first-order valence-corrected chi connectivity index (χ1v) is 6.68. The minimum Gasteiger partial charge on any atom is -0.329 e. The van der Waals surface area contributed by atoms with Gasteiger partial charge in [0.1, 0.15) is 12.0 Å². The van der Waals surface area contributed by atoms with E-state index in [1.807, 2.05) is 13.0 Å². The number of fused-ring (bicyclic) bond motifs is 1. The van der Waals surface area contributed by atoms with Gasteiger partial charge < -0.3 is 4.57 Å². The molecule has 0 spiro atoms. The number of allylic oxidation sites excluding steroid dienone is 1. The van der Waals surface area contributed by atoms with Gasteiger partial charge in [-0.25, -0.2) is 9.97 Å². The molecule has 2 unspecified atom stereocenters. The summed E-state index contributed by atoms with van der Waals surface area (Å²) in [6.07, 6.45) is 10.8. The maximum absolute atomic E-state index is 4.45. The standard InChI is InChI=1S/C15H19N3/c1-3-4-12-5-6-13(9-12)18-8-7-14-11(2)16-10-17-15(14)18/h3,7-8,10,12-13H,1,4-6,9H2,2H3. The lowest BCUT2D eigenvalue weighted by molar-refractivity contribution is 0.487. The van der Waals surface area contributed by atoms with Crippen LogP contribution in [0, 0.1) is 12.8 Å². The van der Waals surface area contributed by atoms with Crippen molar-refractivity contribution in [2.45, 2.75) is 38.6 Å². The highest BCUT2D eigenvalue weighted by Gasteiger charge is 2.26. The summed E-state index contributed by atoms with van der Waals surface area (Å²) in [6.45, 7) is 5.89. The molecule has 1 saturated carbocycles. The highest BCUT2D eigenvalue weighted by molar-refractivity contribution is 5.78. The minimum atomic E-state index is 0.599. The normalized spacial score (nSPS) is 23.6. The molecule has 2 aromatic rings. The van der Waals surface area contributed by atoms with E-state index in [1.165, 1.54) is 24.6 Å². The summed E-state index contributed by atoms with van der Waals surface area (Å²) < 4.78 is 2.34. The first-order chi connectivity index (χ1) is 8.79. The predicted octanol–water partition coefficient (Wildman–Crippen LogP) is 3.66. The van der Waals surface area contributed by atoms with Gasteiger partial charge in [-0.2, -0.15) is 0 Å². The van der Waals surface area contributed by atoms with Crippen molar-refractivity contribution in [3.8, 4) is 0 Å². The number of rotatable bonds is 3. The molecular formula is C15H19N3. The van der Waals surface area contributed by atoms with Crippen LogP contribution in [0.1, 0.15) is 37.4 Å². The lowest BCUT2D eigenvalue weighted by Crippen LogP contribution is -2.05. The summed E-state index contributed by atoms with van der Waals surface area (Å²) in [4.78, 5) is 8.70. The van der Waals surface area contributed by atoms with Gasteiger partial charge in [0.25, 0.3) is 0 Å². The van der Waals surface area contributed by atoms with Gasteiger partial charge >= 0.3 is 0 Å². The molecule has 18 heavy (non-hydrogen) atoms. The van der Waals surface area contributed by atoms with Crippen LogP contribution in [0.2, 0.25) is 0 Å². The van der Waals surface area contributed by atoms with Gasteiger partial charge in [0.15, 0.2) is 0 Å². The molecule has 0 radical (unpaired) electrons. The molecule has 1 fully saturated rings. The lowest BCUT2D eigenvalue weighted by atomic mass is 10.0. The lowest BCUT2D eigenvalue weighted by Gasteiger charge is -2.13. The van der Waals surface area contributed by atoms with Crippen molar-refractivity contribution in [2.24, 2.45) is 5.92 Å². The molecule has 0 aliphatic heterocycles. The molecule has 1 aliphatic carbocycles. The van der Waals surface area contributed by atoms with Crippen molar-refractivity contribution < 1.29 is 0 Å². The van der Waals surface area contributed by atoms with E-state index in [4.69, 9.17) is 0 Å². The van der Waals surface area contributed by atoms with Crippen molar-refractivity contribution in [2.75, 3.05) is 0 Å². The zero-order valence-electron chi connectivity index (χ0n) is 10.8. The largest absolute Gasteiger partial charge is 0.329 e. The molecule has 2 heterocycles. The van der Waals surface area contributed by atoms with Crippen molar-refractivity contribution in [1.82, 2.24) is 14.5 Å². The Kier molecular flexibility index (Phi) is 2.90. The topological polar surface area (TPSA) is 30.7 Å². The van der Waals surface area contributed by atoms with Crippen molar-refractivity contribution >= 4 is 11.0 Å². The molecule has 0 saturated heterocycles. The number of hydrogen-bond donors (Lipinski definition) is 0. The van der Waals surface area contributed by atoms with Crippen LogP contribution in [0.5, 0.6) is 0 Å². The third-order valence-electron chi connectivity index (χ3n) is 4.12. The van der Waals surface area contributed by atoms with Gasteiger partial charge in [-0.15, -0.1) is 6.58 Å². The number of hydrogen-bond acceptors (Lipinski definition) is 2. The molecule has 94 valence electrons. The Balaban J connectivity index is 1.91. The summed E-state index contributed by atoms with van der Waals surface area (Å²) >= 11 is 0. The summed E-state index contributed by atoms with van der Waals surface area (Å²) in [5, 5.41) is 1.18. The third kappa shape index (κ3) is 1.84. The highest BCUT2D eigenvalue weighted by Crippen LogP contribution is 2.38. The van der Waals surface area contributed by atoms with Crippen LogP contribution in [0.15, 0.2) is 31.2 Å². The summed E-state index contributed by atoms with van der Waals surface area (Å²) in [5.74, 6) is 0.799. The Morgan fingerprint density at radius 3 is 3.17 bits per heavy atom. The second kappa shape index (κ2) is 4.56. The van der Waals surface area contributed by atoms with Crippen molar-refractivity contribution in [3.63, 3.8) is 0 Å². The first kappa shape index (κ1) is 11.5. The average Bonchev–Trinajstić information content (AvgIpc) is 2.96. The van der Waals surface area contributed by atoms with Gasteiger partial charge in [-0.05, 0) is 44.6 Å². The monoisotopic (exact) mass is 241 g/mol. The van der Waals surface area contributed by atoms with E-state index < -0.39 is 0 Å². The first-order valence-electron chi connectivity index (χ1n) is 6.68. The summed E-state index contributed by atoms with van der Waals surface area (Å²) in [7, 11) is 0. The van der Waals surface area contributed by atoms with Gasteiger partial charge in [-0.1, -0.05) is 6.08 Å². The quantitative estimate of drug-likeness (QED) is 0.768. The van der Waals surface area contributed by atoms with Gasteiger partial charge in [0.2, 0.25) is 0 Å². The molecule has 2 aromatic heterocycles. The van der Waals surface area contributed by atoms with Crippen molar-refractivity contribution in [1.29, 1.82) is 0 Å². The van der Waals surface area contributed by atoms with E-state index in [0.29, 0.717) is 6.04 Å². The van der Waals surface area contributed by atoms with Crippen LogP contribution in [0.25, 0.3) is 11.0 Å². The van der Waals surface area contributed by atoms with Crippen LogP contribution in [0.3, 0.4) is 0 Å². The summed E-state index contributed by atoms with van der Waals surface area (Å²) in [5.41, 5.74) is 2.16. The Morgan fingerprint density at radius 1 is 1.44 bits per heavy atom. The zero-order chi connectivity index (χ0) is 12.5. The zero-order valence-corrected chi connectivity index (χ0v) is 10.8. The van der Waals surface area contributed by atoms with E-state index in [-0.39, 0.29) is 0 Å². The van der Waals surface area contributed by atoms with E-state index in [2.05, 4.69) is 33.4 Å². The smallest absolute Gasteiger partial charge is 0.143 e. The molecule has 3 rings (SSSR count). The second-order valence-electron chi connectivity index (χ2n) is 5.28. The molecule has 1 aliphatic rings. The fourth-order valence-corrected chi connectivity index (χ4v) is 3.14. The fraction of sp³-hybridized carbons (Fsp3) is 0.467. The molecule has 3 heteroatoms. The number of nitrogens with zero attached hydrogens (tertiary/aromatic N) is 3. The maximum Gasteiger partial charge on any atom is 0.143 e. The molecule has 3 nitrogen and oxygen atoms in total. The van der Waals surface area contributed by atoms with Crippen LogP contribution < -0.4 is 0 Å². The SMILES string of the molecule is C=CCC1CCC(n2ccc3c(C)ncnc32)C1. The molecule has 0 bridgehead atoms. The molecule has 0 aromatic carbocycles. The molecule has 0 N–H and O–H groups in total. The molecule has 0 amide bonds. The average molecular weight is 241 g/mol. The predicted molar refractivity (Wildman–Crippen MR) is 73.5 cm³/mol. The van der Waals surface area contributed by atoms with Crippen LogP contribution in [0.4, 0.5) is 0 Å². The number of aromatic nitrogens is 3. The Morgan fingerprint density at radius 2 is 2.33 bits per heavy atom. The Bertz CT molecular complexity index is 570. The van der Waals surface area contributed by atoms with E-state index in [9.17, 15) is 0 Å². The summed E-state index contributed by atoms with van der Waals surface area (Å²) in [6, 6.07) is 2.74. The fourth-order valence-electron chi connectivity index (χ4n) is 3.14.